The van der Waals surface area contributed by atoms with Gasteiger partial charge in [-0.05, 0) is 6.07 Å². The monoisotopic (exact) mass is 444 g/mol. The molecule has 1 fully saturated rings. The van der Waals surface area contributed by atoms with Gasteiger partial charge in [-0.2, -0.15) is 30.6 Å². The molecule has 0 aromatic heterocycles. The van der Waals surface area contributed by atoms with Gasteiger partial charge in [0.1, 0.15) is 11.6 Å². The Morgan fingerprint density at radius 2 is 1.48 bits per heavy atom. The van der Waals surface area contributed by atoms with Gasteiger partial charge in [0, 0.05) is 37.1 Å². The zero-order valence-electron chi connectivity index (χ0n) is 13.2. The number of hydrogen-bond acceptors (Lipinski definition) is 4. The van der Waals surface area contributed by atoms with Crippen LogP contribution in [-0.2, 0) is 10.0 Å². The Labute approximate surface area is 153 Å². The number of hydrogen-bond donors (Lipinski definition) is 0. The summed E-state index contributed by atoms with van der Waals surface area (Å²) in [6.45, 7) is -1.91. The molecule has 1 aromatic rings. The summed E-state index contributed by atoms with van der Waals surface area (Å²) in [5, 5.41) is 0. The largest absolute Gasteiger partial charge is 0.511 e. The van der Waals surface area contributed by atoms with Gasteiger partial charge in [0.05, 0.1) is 11.4 Å². The van der Waals surface area contributed by atoms with E-state index in [0.29, 0.717) is 6.07 Å². The highest BCUT2D eigenvalue weighted by Gasteiger charge is 2.50. The van der Waals surface area contributed by atoms with Crippen LogP contribution in [0.5, 0.6) is 0 Å². The van der Waals surface area contributed by atoms with Crippen molar-refractivity contribution in [3.05, 3.63) is 23.8 Å². The highest BCUT2D eigenvalue weighted by atomic mass is 32.2. The topological polar surface area (TPSA) is 40.6 Å². The Bertz CT molecular complexity index is 787. The number of piperazine rings is 1. The number of nitrogens with zero attached hydrogens (tertiary/aromatic N) is 2. The van der Waals surface area contributed by atoms with Crippen molar-refractivity contribution in [2.75, 3.05) is 36.8 Å². The SMILES string of the molecule is O=S(=O)(N1CCN(c2cc(SCC(F)(F)F)c(F)cc2F)CC1)C(F)(F)F. The van der Waals surface area contributed by atoms with Gasteiger partial charge in [-0.1, -0.05) is 0 Å². The van der Waals surface area contributed by atoms with E-state index < -0.39 is 57.1 Å². The van der Waals surface area contributed by atoms with Crippen molar-refractivity contribution in [2.24, 2.45) is 0 Å². The second-order valence-electron chi connectivity index (χ2n) is 5.47. The Balaban J connectivity index is 2.16. The summed E-state index contributed by atoms with van der Waals surface area (Å²) < 4.78 is 125. The lowest BCUT2D eigenvalue weighted by molar-refractivity contribution is -0.105. The molecule has 1 aromatic carbocycles. The summed E-state index contributed by atoms with van der Waals surface area (Å²) in [5.74, 6) is -3.73. The summed E-state index contributed by atoms with van der Waals surface area (Å²) in [6, 6.07) is 1.21. The van der Waals surface area contributed by atoms with E-state index in [9.17, 15) is 43.5 Å². The number of sulfonamides is 1. The molecule has 154 valence electrons. The molecule has 0 amide bonds. The zero-order chi connectivity index (χ0) is 20.6. The third-order valence-electron chi connectivity index (χ3n) is 3.60. The average Bonchev–Trinajstić information content (AvgIpc) is 2.52. The molecule has 4 nitrogen and oxygen atoms in total. The molecule has 0 aliphatic carbocycles. The van der Waals surface area contributed by atoms with Crippen molar-refractivity contribution in [1.82, 2.24) is 4.31 Å². The minimum Gasteiger partial charge on any atom is -0.366 e. The minimum absolute atomic E-state index is 0.101. The number of alkyl halides is 6. The van der Waals surface area contributed by atoms with Gasteiger partial charge in [0.15, 0.2) is 0 Å². The third kappa shape index (κ3) is 5.16. The van der Waals surface area contributed by atoms with E-state index in [1.54, 1.807) is 0 Å². The fourth-order valence-corrected chi connectivity index (χ4v) is 3.99. The van der Waals surface area contributed by atoms with Gasteiger partial charge in [-0.15, -0.1) is 11.8 Å². The molecule has 0 unspecified atom stereocenters. The Kier molecular flexibility index (Phi) is 6.21. The molecule has 0 bridgehead atoms. The molecule has 1 heterocycles. The predicted molar refractivity (Wildman–Crippen MR) is 81.9 cm³/mol. The van der Waals surface area contributed by atoms with Crippen LogP contribution in [0.2, 0.25) is 0 Å². The summed E-state index contributed by atoms with van der Waals surface area (Å²) >= 11 is 0.101. The number of rotatable bonds is 4. The zero-order valence-corrected chi connectivity index (χ0v) is 14.9. The highest BCUT2D eigenvalue weighted by molar-refractivity contribution is 7.99. The second kappa shape index (κ2) is 7.62. The van der Waals surface area contributed by atoms with Gasteiger partial charge in [0.25, 0.3) is 0 Å². The van der Waals surface area contributed by atoms with E-state index in [2.05, 4.69) is 0 Å². The first-order valence-corrected chi connectivity index (χ1v) is 9.65. The molecule has 0 atom stereocenters. The van der Waals surface area contributed by atoms with Gasteiger partial charge >= 0.3 is 21.7 Å². The molecule has 0 saturated carbocycles. The molecule has 0 spiro atoms. The molecule has 0 N–H and O–H groups in total. The lowest BCUT2D eigenvalue weighted by Gasteiger charge is -2.35. The predicted octanol–water partition coefficient (Wildman–Crippen LogP) is 3.59. The van der Waals surface area contributed by atoms with E-state index >= 15 is 0 Å². The van der Waals surface area contributed by atoms with E-state index in [1.165, 1.54) is 0 Å². The van der Waals surface area contributed by atoms with E-state index in [1.807, 2.05) is 0 Å². The molecule has 2 rings (SSSR count). The molecule has 1 aliphatic rings. The molecule has 14 heteroatoms. The van der Waals surface area contributed by atoms with Gasteiger partial charge < -0.3 is 4.90 Å². The minimum atomic E-state index is -5.53. The maximum absolute atomic E-state index is 14.0. The van der Waals surface area contributed by atoms with Crippen molar-refractivity contribution < 1.29 is 43.5 Å². The van der Waals surface area contributed by atoms with Crippen LogP contribution in [0.15, 0.2) is 17.0 Å². The van der Waals surface area contributed by atoms with Crippen LogP contribution in [0.25, 0.3) is 0 Å². The van der Waals surface area contributed by atoms with Crippen molar-refractivity contribution in [2.45, 2.75) is 16.6 Å². The Hall–Kier alpha value is -1.28. The van der Waals surface area contributed by atoms with Gasteiger partial charge in [-0.3, -0.25) is 0 Å². The fraction of sp³-hybridized carbons (Fsp3) is 0.538. The normalized spacial score (nSPS) is 17.4. The molecular formula is C13H12F8N2O2S2. The fourth-order valence-electron chi connectivity index (χ4n) is 2.35. The van der Waals surface area contributed by atoms with Crippen molar-refractivity contribution >= 4 is 27.5 Å². The van der Waals surface area contributed by atoms with Gasteiger partial charge in [-0.25, -0.2) is 17.2 Å². The average molecular weight is 444 g/mol. The van der Waals surface area contributed by atoms with Crippen LogP contribution in [0, 0.1) is 11.6 Å². The quantitative estimate of drug-likeness (QED) is 0.526. The van der Waals surface area contributed by atoms with Gasteiger partial charge in [0.2, 0.25) is 0 Å². The number of anilines is 1. The Morgan fingerprint density at radius 3 is 1.96 bits per heavy atom. The van der Waals surface area contributed by atoms with E-state index in [4.69, 9.17) is 0 Å². The van der Waals surface area contributed by atoms with Crippen LogP contribution in [-0.4, -0.2) is 56.3 Å². The summed E-state index contributed by atoms with van der Waals surface area (Å²) in [7, 11) is -5.53. The maximum Gasteiger partial charge on any atom is 0.511 e. The number of halogens is 8. The lowest BCUT2D eigenvalue weighted by Crippen LogP contribution is -2.52. The third-order valence-corrected chi connectivity index (χ3v) is 6.33. The first-order valence-electron chi connectivity index (χ1n) is 7.22. The molecule has 1 saturated heterocycles. The molecule has 0 radical (unpaired) electrons. The summed E-state index contributed by atoms with van der Waals surface area (Å²) in [6.07, 6.45) is -4.58. The maximum atomic E-state index is 14.0. The first-order chi connectivity index (χ1) is 12.2. The van der Waals surface area contributed by atoms with E-state index in [-0.39, 0.29) is 34.8 Å². The lowest BCUT2D eigenvalue weighted by atomic mass is 10.2. The van der Waals surface area contributed by atoms with Crippen LogP contribution in [0.1, 0.15) is 0 Å². The van der Waals surface area contributed by atoms with Crippen molar-refractivity contribution in [3.8, 4) is 0 Å². The molecule has 27 heavy (non-hydrogen) atoms. The van der Waals surface area contributed by atoms with Crippen LogP contribution in [0.4, 0.5) is 40.8 Å². The van der Waals surface area contributed by atoms with Crippen LogP contribution in [0.3, 0.4) is 0 Å². The second-order valence-corrected chi connectivity index (χ2v) is 8.42. The number of benzene rings is 1. The summed E-state index contributed by atoms with van der Waals surface area (Å²) in [4.78, 5) is 0.670. The Morgan fingerprint density at radius 1 is 0.926 bits per heavy atom. The smallest absolute Gasteiger partial charge is 0.366 e. The first kappa shape index (κ1) is 22.0. The summed E-state index contributed by atoms with van der Waals surface area (Å²) in [5.41, 5.74) is -5.79. The van der Waals surface area contributed by atoms with Crippen molar-refractivity contribution in [1.29, 1.82) is 0 Å². The standard InChI is InChI=1S/C13H12F8N2O2S2/c14-8-5-9(15)11(26-7-12(16,17)18)6-10(8)22-1-3-23(4-2-22)27(24,25)13(19,20)21/h5-6H,1-4,7H2. The highest BCUT2D eigenvalue weighted by Crippen LogP contribution is 2.34. The molecule has 1 aliphatic heterocycles. The van der Waals surface area contributed by atoms with Crippen LogP contribution < -0.4 is 4.90 Å². The number of thioether (sulfide) groups is 1. The molecular weight excluding hydrogens is 432 g/mol. The van der Waals surface area contributed by atoms with E-state index in [0.717, 1.165) is 11.0 Å². The van der Waals surface area contributed by atoms with Crippen molar-refractivity contribution in [3.63, 3.8) is 0 Å². The van der Waals surface area contributed by atoms with Crippen LogP contribution >= 0.6 is 11.8 Å².